The smallest absolute Gasteiger partial charge is 0.343 e. The highest BCUT2D eigenvalue weighted by Gasteiger charge is 2.24. The van der Waals surface area contributed by atoms with Gasteiger partial charge in [0.1, 0.15) is 5.75 Å². The van der Waals surface area contributed by atoms with Gasteiger partial charge in [0.05, 0.1) is 12.2 Å². The Hall–Kier alpha value is -3.14. The first-order valence-electron chi connectivity index (χ1n) is 12.3. The Balaban J connectivity index is 1.29. The number of carbonyl (C=O) groups is 1. The molecule has 0 aromatic heterocycles. The summed E-state index contributed by atoms with van der Waals surface area (Å²) in [5.41, 5.74) is 3.17. The van der Waals surface area contributed by atoms with Crippen molar-refractivity contribution < 1.29 is 18.7 Å². The molecule has 34 heavy (non-hydrogen) atoms. The van der Waals surface area contributed by atoms with Gasteiger partial charge in [-0.15, -0.1) is 0 Å². The van der Waals surface area contributed by atoms with E-state index in [4.69, 9.17) is 9.47 Å². The van der Waals surface area contributed by atoms with Gasteiger partial charge in [0.2, 0.25) is 0 Å². The second-order valence-corrected chi connectivity index (χ2v) is 9.30. The minimum absolute atomic E-state index is 0.149. The summed E-state index contributed by atoms with van der Waals surface area (Å²) >= 11 is 0. The Bertz CT molecular complexity index is 1070. The maximum Gasteiger partial charge on any atom is 0.343 e. The van der Waals surface area contributed by atoms with Gasteiger partial charge < -0.3 is 9.47 Å². The zero-order valence-electron chi connectivity index (χ0n) is 20.0. The van der Waals surface area contributed by atoms with E-state index in [1.54, 1.807) is 6.92 Å². The lowest BCUT2D eigenvalue weighted by atomic mass is 9.75. The molecule has 0 radical (unpaired) electrons. The Labute approximate surface area is 201 Å². The maximum absolute atomic E-state index is 14.0. The molecule has 4 rings (SSSR count). The third-order valence-electron chi connectivity index (χ3n) is 6.93. The molecule has 0 amide bonds. The Morgan fingerprint density at radius 2 is 1.68 bits per heavy atom. The summed E-state index contributed by atoms with van der Waals surface area (Å²) in [5.74, 6) is 1.18. The SMILES string of the molecule is CCOc1ccc(OC(=O)c2ccc(C3CCC(C[C@@H](C)c4ccccc4)CC3)cc2)cc1F. The normalized spacial score (nSPS) is 18.8. The first kappa shape index (κ1) is 24.0. The molecular weight excluding hydrogens is 427 g/mol. The Kier molecular flexibility index (Phi) is 7.99. The van der Waals surface area contributed by atoms with Crippen molar-refractivity contribution in [1.82, 2.24) is 0 Å². The summed E-state index contributed by atoms with van der Waals surface area (Å²) in [6.45, 7) is 4.49. The van der Waals surface area contributed by atoms with E-state index in [0.717, 1.165) is 5.92 Å². The van der Waals surface area contributed by atoms with Crippen LogP contribution in [0.1, 0.15) is 79.3 Å². The van der Waals surface area contributed by atoms with Crippen LogP contribution in [-0.4, -0.2) is 12.6 Å². The maximum atomic E-state index is 14.0. The predicted molar refractivity (Wildman–Crippen MR) is 133 cm³/mol. The van der Waals surface area contributed by atoms with Crippen molar-refractivity contribution in [2.24, 2.45) is 5.92 Å². The van der Waals surface area contributed by atoms with Gasteiger partial charge in [0, 0.05) is 6.07 Å². The molecule has 0 spiro atoms. The highest BCUT2D eigenvalue weighted by molar-refractivity contribution is 5.91. The van der Waals surface area contributed by atoms with Crippen LogP contribution in [0.15, 0.2) is 72.8 Å². The van der Waals surface area contributed by atoms with Gasteiger partial charge in [-0.3, -0.25) is 0 Å². The van der Waals surface area contributed by atoms with Crippen molar-refractivity contribution in [3.8, 4) is 11.5 Å². The minimum atomic E-state index is -0.545. The summed E-state index contributed by atoms with van der Waals surface area (Å²) in [4.78, 5) is 12.5. The van der Waals surface area contributed by atoms with Crippen LogP contribution in [0.3, 0.4) is 0 Å². The quantitative estimate of drug-likeness (QED) is 0.253. The van der Waals surface area contributed by atoms with Crippen LogP contribution >= 0.6 is 0 Å². The molecule has 4 heteroatoms. The van der Waals surface area contributed by atoms with Crippen molar-refractivity contribution in [3.05, 3.63) is 95.3 Å². The molecule has 1 fully saturated rings. The second kappa shape index (κ2) is 11.3. The fourth-order valence-electron chi connectivity index (χ4n) is 5.02. The van der Waals surface area contributed by atoms with E-state index in [1.807, 2.05) is 24.3 Å². The van der Waals surface area contributed by atoms with Crippen molar-refractivity contribution in [1.29, 1.82) is 0 Å². The standard InChI is InChI=1S/C30H33FO3/c1-3-33-29-18-17-27(20-28(29)31)34-30(32)26-15-13-25(14-16-26)24-11-9-22(10-12-24)19-21(2)23-7-5-4-6-8-23/h4-8,13-18,20-22,24H,3,9-12,19H2,1-2H3/t21-,22?,24?/m1/s1. The van der Waals surface area contributed by atoms with E-state index in [9.17, 15) is 9.18 Å². The summed E-state index contributed by atoms with van der Waals surface area (Å²) in [7, 11) is 0. The molecule has 1 aliphatic carbocycles. The molecule has 3 nitrogen and oxygen atoms in total. The molecule has 0 saturated heterocycles. The lowest BCUT2D eigenvalue weighted by molar-refractivity contribution is 0.0734. The van der Waals surface area contributed by atoms with Crippen molar-refractivity contribution in [2.75, 3.05) is 6.61 Å². The fraction of sp³-hybridized carbons (Fsp3) is 0.367. The molecular formula is C30H33FO3. The zero-order valence-corrected chi connectivity index (χ0v) is 20.0. The van der Waals surface area contributed by atoms with Crippen LogP contribution < -0.4 is 9.47 Å². The van der Waals surface area contributed by atoms with Gasteiger partial charge in [-0.25, -0.2) is 9.18 Å². The van der Waals surface area contributed by atoms with Gasteiger partial charge in [-0.1, -0.05) is 49.4 Å². The number of hydrogen-bond acceptors (Lipinski definition) is 3. The summed E-state index contributed by atoms with van der Waals surface area (Å²) < 4.78 is 24.6. The summed E-state index contributed by atoms with van der Waals surface area (Å²) in [6.07, 6.45) is 6.10. The van der Waals surface area contributed by atoms with Gasteiger partial charge >= 0.3 is 5.97 Å². The van der Waals surface area contributed by atoms with Gasteiger partial charge in [-0.05, 0) is 92.2 Å². The largest absolute Gasteiger partial charge is 0.491 e. The average Bonchev–Trinajstić information content (AvgIpc) is 2.87. The lowest BCUT2D eigenvalue weighted by Gasteiger charge is -2.30. The Morgan fingerprint density at radius 3 is 2.32 bits per heavy atom. The van der Waals surface area contributed by atoms with Crippen LogP contribution in [0, 0.1) is 11.7 Å². The van der Waals surface area contributed by atoms with Crippen LogP contribution in [0.25, 0.3) is 0 Å². The molecule has 0 aliphatic heterocycles. The van der Waals surface area contributed by atoms with Crippen LogP contribution in [0.5, 0.6) is 11.5 Å². The van der Waals surface area contributed by atoms with Gasteiger partial charge in [0.25, 0.3) is 0 Å². The van der Waals surface area contributed by atoms with Crippen LogP contribution in [0.4, 0.5) is 4.39 Å². The molecule has 0 bridgehead atoms. The Morgan fingerprint density at radius 1 is 0.971 bits per heavy atom. The van der Waals surface area contributed by atoms with Gasteiger partial charge in [-0.2, -0.15) is 0 Å². The third-order valence-corrected chi connectivity index (χ3v) is 6.93. The minimum Gasteiger partial charge on any atom is -0.491 e. The number of esters is 1. The number of hydrogen-bond donors (Lipinski definition) is 0. The van der Waals surface area contributed by atoms with Gasteiger partial charge in [0.15, 0.2) is 11.6 Å². The van der Waals surface area contributed by atoms with Crippen molar-refractivity contribution >= 4 is 5.97 Å². The van der Waals surface area contributed by atoms with E-state index in [1.165, 1.54) is 61.4 Å². The second-order valence-electron chi connectivity index (χ2n) is 9.30. The van der Waals surface area contributed by atoms with E-state index in [0.29, 0.717) is 24.0 Å². The highest BCUT2D eigenvalue weighted by Crippen LogP contribution is 2.39. The number of carbonyl (C=O) groups excluding carboxylic acids is 1. The monoisotopic (exact) mass is 460 g/mol. The molecule has 0 unspecified atom stereocenters. The van der Waals surface area contributed by atoms with E-state index < -0.39 is 11.8 Å². The third kappa shape index (κ3) is 6.05. The molecule has 1 aliphatic rings. The first-order chi connectivity index (χ1) is 16.5. The number of ether oxygens (including phenoxy) is 2. The average molecular weight is 461 g/mol. The van der Waals surface area contributed by atoms with E-state index in [2.05, 4.69) is 37.3 Å². The highest BCUT2D eigenvalue weighted by atomic mass is 19.1. The number of halogens is 1. The molecule has 1 atom stereocenters. The topological polar surface area (TPSA) is 35.5 Å². The van der Waals surface area contributed by atoms with Crippen molar-refractivity contribution in [2.45, 2.75) is 57.8 Å². The fourth-order valence-corrected chi connectivity index (χ4v) is 5.02. The van der Waals surface area contributed by atoms with E-state index >= 15 is 0 Å². The van der Waals surface area contributed by atoms with E-state index in [-0.39, 0.29) is 11.5 Å². The summed E-state index contributed by atoms with van der Waals surface area (Å²) in [5, 5.41) is 0. The molecule has 0 N–H and O–H groups in total. The predicted octanol–water partition coefficient (Wildman–Crippen LogP) is 7.91. The first-order valence-corrected chi connectivity index (χ1v) is 12.3. The zero-order chi connectivity index (χ0) is 23.9. The summed E-state index contributed by atoms with van der Waals surface area (Å²) in [6, 6.07) is 22.7. The molecule has 178 valence electrons. The van der Waals surface area contributed by atoms with Crippen molar-refractivity contribution in [3.63, 3.8) is 0 Å². The molecule has 1 saturated carbocycles. The number of benzene rings is 3. The van der Waals surface area contributed by atoms with Crippen LogP contribution in [0.2, 0.25) is 0 Å². The number of rotatable bonds is 8. The molecule has 3 aromatic rings. The molecule has 3 aromatic carbocycles. The van der Waals surface area contributed by atoms with Crippen LogP contribution in [-0.2, 0) is 0 Å². The lowest BCUT2D eigenvalue weighted by Crippen LogP contribution is -2.15. The molecule has 0 heterocycles.